The average molecular weight is 254 g/mol. The van der Waals surface area contributed by atoms with Gasteiger partial charge in [0.05, 0.1) is 0 Å². The Balaban J connectivity index is 1.48. The fourth-order valence-electron chi connectivity index (χ4n) is 3.86. The van der Waals surface area contributed by atoms with E-state index in [9.17, 15) is 0 Å². The van der Waals surface area contributed by atoms with Crippen LogP contribution in [0.15, 0.2) is 0 Å². The SMILES string of the molecule is CN1C2CCCC1CC(NCC1CCSC1)C2. The van der Waals surface area contributed by atoms with Crippen LogP contribution >= 0.6 is 11.8 Å². The van der Waals surface area contributed by atoms with Crippen LogP contribution in [0.3, 0.4) is 0 Å². The highest BCUT2D eigenvalue weighted by atomic mass is 32.2. The van der Waals surface area contributed by atoms with Crippen LogP contribution in [0.25, 0.3) is 0 Å². The van der Waals surface area contributed by atoms with Gasteiger partial charge in [-0.1, -0.05) is 6.42 Å². The molecule has 2 nitrogen and oxygen atoms in total. The Labute approximate surface area is 110 Å². The van der Waals surface area contributed by atoms with Gasteiger partial charge in [0, 0.05) is 18.1 Å². The lowest BCUT2D eigenvalue weighted by molar-refractivity contribution is 0.0479. The number of thioether (sulfide) groups is 1. The van der Waals surface area contributed by atoms with Crippen molar-refractivity contribution in [2.24, 2.45) is 5.92 Å². The second-order valence-corrected chi connectivity index (χ2v) is 7.36. The van der Waals surface area contributed by atoms with Gasteiger partial charge in [-0.05, 0) is 63.1 Å². The zero-order chi connectivity index (χ0) is 11.7. The average Bonchev–Trinajstić information content (AvgIpc) is 2.79. The second kappa shape index (κ2) is 5.50. The number of hydrogen-bond donors (Lipinski definition) is 1. The number of piperidine rings is 2. The zero-order valence-electron chi connectivity index (χ0n) is 11.0. The summed E-state index contributed by atoms with van der Waals surface area (Å²) < 4.78 is 0. The Morgan fingerprint density at radius 2 is 1.94 bits per heavy atom. The summed E-state index contributed by atoms with van der Waals surface area (Å²) in [7, 11) is 2.35. The molecule has 0 aromatic rings. The molecule has 3 aliphatic heterocycles. The number of fused-ring (bicyclic) bond motifs is 2. The highest BCUT2D eigenvalue weighted by molar-refractivity contribution is 7.99. The standard InChI is InChI=1S/C14H26N2S/c1-16-13-3-2-4-14(16)8-12(7-13)15-9-11-5-6-17-10-11/h11-15H,2-10H2,1H3. The molecule has 3 atom stereocenters. The van der Waals surface area contributed by atoms with E-state index in [1.54, 1.807) is 0 Å². The van der Waals surface area contributed by atoms with Crippen LogP contribution in [0.2, 0.25) is 0 Å². The van der Waals surface area contributed by atoms with Crippen molar-refractivity contribution >= 4 is 11.8 Å². The molecule has 0 aromatic carbocycles. The molecule has 3 heterocycles. The molecule has 3 saturated heterocycles. The van der Waals surface area contributed by atoms with Gasteiger partial charge in [0.2, 0.25) is 0 Å². The molecule has 0 aromatic heterocycles. The van der Waals surface area contributed by atoms with E-state index in [0.717, 1.165) is 24.0 Å². The third-order valence-corrected chi connectivity index (χ3v) is 6.29. The minimum absolute atomic E-state index is 0.812. The van der Waals surface area contributed by atoms with Gasteiger partial charge in [-0.25, -0.2) is 0 Å². The Morgan fingerprint density at radius 3 is 2.59 bits per heavy atom. The van der Waals surface area contributed by atoms with Crippen LogP contribution in [-0.4, -0.2) is 48.1 Å². The predicted molar refractivity (Wildman–Crippen MR) is 75.6 cm³/mol. The molecule has 0 spiro atoms. The molecule has 0 aliphatic carbocycles. The molecule has 0 radical (unpaired) electrons. The third kappa shape index (κ3) is 2.82. The quantitative estimate of drug-likeness (QED) is 0.832. The Bertz CT molecular complexity index is 239. The monoisotopic (exact) mass is 254 g/mol. The smallest absolute Gasteiger partial charge is 0.0110 e. The summed E-state index contributed by atoms with van der Waals surface area (Å²) in [6.07, 6.45) is 8.57. The highest BCUT2D eigenvalue weighted by Gasteiger charge is 2.35. The molecular weight excluding hydrogens is 228 g/mol. The summed E-state index contributed by atoms with van der Waals surface area (Å²) in [5.41, 5.74) is 0. The van der Waals surface area contributed by atoms with Crippen molar-refractivity contribution in [3.05, 3.63) is 0 Å². The molecule has 3 unspecified atom stereocenters. The second-order valence-electron chi connectivity index (χ2n) is 6.21. The first kappa shape index (κ1) is 12.3. The van der Waals surface area contributed by atoms with E-state index in [1.165, 1.54) is 56.6 Å². The molecule has 2 bridgehead atoms. The molecule has 3 aliphatic rings. The summed E-state index contributed by atoms with van der Waals surface area (Å²) in [4.78, 5) is 2.66. The molecule has 3 rings (SSSR count). The van der Waals surface area contributed by atoms with Crippen molar-refractivity contribution in [1.29, 1.82) is 0 Å². The van der Waals surface area contributed by atoms with E-state index in [4.69, 9.17) is 0 Å². The summed E-state index contributed by atoms with van der Waals surface area (Å²) in [6.45, 7) is 1.28. The predicted octanol–water partition coefficient (Wildman–Crippen LogP) is 2.34. The molecule has 98 valence electrons. The summed E-state index contributed by atoms with van der Waals surface area (Å²) >= 11 is 2.14. The van der Waals surface area contributed by atoms with Gasteiger partial charge in [-0.15, -0.1) is 0 Å². The minimum Gasteiger partial charge on any atom is -0.314 e. The van der Waals surface area contributed by atoms with Crippen LogP contribution in [0.4, 0.5) is 0 Å². The Morgan fingerprint density at radius 1 is 1.18 bits per heavy atom. The van der Waals surface area contributed by atoms with Crippen molar-refractivity contribution in [2.45, 2.75) is 56.7 Å². The van der Waals surface area contributed by atoms with Crippen LogP contribution in [-0.2, 0) is 0 Å². The van der Waals surface area contributed by atoms with E-state index >= 15 is 0 Å². The fraction of sp³-hybridized carbons (Fsp3) is 1.00. The van der Waals surface area contributed by atoms with Gasteiger partial charge in [0.15, 0.2) is 0 Å². The molecular formula is C14H26N2S. The maximum atomic E-state index is 3.87. The summed E-state index contributed by atoms with van der Waals surface area (Å²) in [5, 5.41) is 3.87. The first-order valence-corrected chi connectivity index (χ1v) is 8.51. The molecule has 1 N–H and O–H groups in total. The molecule has 17 heavy (non-hydrogen) atoms. The lowest BCUT2D eigenvalue weighted by atomic mass is 9.82. The molecule has 0 amide bonds. The molecule has 3 heteroatoms. The van der Waals surface area contributed by atoms with E-state index < -0.39 is 0 Å². The number of nitrogens with zero attached hydrogens (tertiary/aromatic N) is 1. The van der Waals surface area contributed by atoms with Crippen molar-refractivity contribution in [3.8, 4) is 0 Å². The van der Waals surface area contributed by atoms with E-state index in [-0.39, 0.29) is 0 Å². The van der Waals surface area contributed by atoms with Gasteiger partial charge in [0.25, 0.3) is 0 Å². The van der Waals surface area contributed by atoms with Crippen LogP contribution in [0.5, 0.6) is 0 Å². The Hall–Kier alpha value is 0.270. The van der Waals surface area contributed by atoms with Crippen molar-refractivity contribution in [2.75, 3.05) is 25.1 Å². The van der Waals surface area contributed by atoms with Crippen LogP contribution in [0, 0.1) is 5.92 Å². The van der Waals surface area contributed by atoms with Gasteiger partial charge in [0.1, 0.15) is 0 Å². The van der Waals surface area contributed by atoms with Crippen LogP contribution < -0.4 is 5.32 Å². The van der Waals surface area contributed by atoms with Gasteiger partial charge in [-0.2, -0.15) is 11.8 Å². The Kier molecular flexibility index (Phi) is 3.98. The largest absolute Gasteiger partial charge is 0.314 e. The summed E-state index contributed by atoms with van der Waals surface area (Å²) in [6, 6.07) is 2.56. The topological polar surface area (TPSA) is 15.3 Å². The maximum absolute atomic E-state index is 3.87. The first-order chi connectivity index (χ1) is 8.33. The first-order valence-electron chi connectivity index (χ1n) is 7.36. The fourth-order valence-corrected chi connectivity index (χ4v) is 5.14. The number of rotatable bonds is 3. The number of hydrogen-bond acceptors (Lipinski definition) is 3. The van der Waals surface area contributed by atoms with Crippen molar-refractivity contribution in [3.63, 3.8) is 0 Å². The normalized spacial score (nSPS) is 42.9. The zero-order valence-corrected chi connectivity index (χ0v) is 11.8. The van der Waals surface area contributed by atoms with Gasteiger partial charge >= 0.3 is 0 Å². The maximum Gasteiger partial charge on any atom is 0.0110 e. The van der Waals surface area contributed by atoms with Gasteiger partial charge < -0.3 is 10.2 Å². The lowest BCUT2D eigenvalue weighted by Gasteiger charge is -2.47. The van der Waals surface area contributed by atoms with Crippen molar-refractivity contribution in [1.82, 2.24) is 10.2 Å². The third-order valence-electron chi connectivity index (χ3n) is 5.06. The van der Waals surface area contributed by atoms with E-state index in [2.05, 4.69) is 29.0 Å². The van der Waals surface area contributed by atoms with Crippen molar-refractivity contribution < 1.29 is 0 Å². The van der Waals surface area contributed by atoms with E-state index in [0.29, 0.717) is 0 Å². The molecule has 3 fully saturated rings. The summed E-state index contributed by atoms with van der Waals surface area (Å²) in [5.74, 6) is 3.75. The molecule has 0 saturated carbocycles. The lowest BCUT2D eigenvalue weighted by Crippen LogP contribution is -2.54. The van der Waals surface area contributed by atoms with E-state index in [1.807, 2.05) is 0 Å². The number of nitrogens with one attached hydrogen (secondary N) is 1. The van der Waals surface area contributed by atoms with Crippen LogP contribution in [0.1, 0.15) is 38.5 Å². The minimum atomic E-state index is 0.812. The highest BCUT2D eigenvalue weighted by Crippen LogP contribution is 2.33. The van der Waals surface area contributed by atoms with Gasteiger partial charge in [-0.3, -0.25) is 0 Å².